The van der Waals surface area contributed by atoms with Gasteiger partial charge in [0.15, 0.2) is 5.16 Å². The van der Waals surface area contributed by atoms with E-state index in [1.54, 1.807) is 6.20 Å². The quantitative estimate of drug-likeness (QED) is 0.792. The second kappa shape index (κ2) is 5.59. The van der Waals surface area contributed by atoms with Gasteiger partial charge in [0.1, 0.15) is 11.1 Å². The number of nitriles is 1. The highest BCUT2D eigenvalue weighted by Crippen LogP contribution is 2.30. The van der Waals surface area contributed by atoms with Crippen LogP contribution in [0.15, 0.2) is 28.5 Å². The van der Waals surface area contributed by atoms with Crippen LogP contribution < -0.4 is 0 Å². The van der Waals surface area contributed by atoms with Crippen molar-refractivity contribution in [2.24, 2.45) is 0 Å². The number of aryl methyl sites for hydroxylation is 3. The van der Waals surface area contributed by atoms with Gasteiger partial charge in [0.25, 0.3) is 0 Å². The average molecular weight is 282 g/mol. The molecule has 0 N–H and O–H groups in total. The topological polar surface area (TPSA) is 62.5 Å². The molecule has 0 unspecified atom stereocenters. The van der Waals surface area contributed by atoms with Crippen LogP contribution in [-0.2, 0) is 12.8 Å². The van der Waals surface area contributed by atoms with E-state index in [4.69, 9.17) is 0 Å². The summed E-state index contributed by atoms with van der Waals surface area (Å²) in [5.74, 6) is 0. The van der Waals surface area contributed by atoms with Crippen molar-refractivity contribution in [1.29, 1.82) is 5.26 Å². The Balaban J connectivity index is 1.98. The maximum absolute atomic E-state index is 9.31. The van der Waals surface area contributed by atoms with Gasteiger partial charge in [-0.2, -0.15) is 5.26 Å². The summed E-state index contributed by atoms with van der Waals surface area (Å²) in [6.45, 7) is 1.93. The lowest BCUT2D eigenvalue weighted by Crippen LogP contribution is -2.07. The number of hydrogen-bond acceptors (Lipinski definition) is 5. The number of rotatable bonds is 2. The van der Waals surface area contributed by atoms with Crippen molar-refractivity contribution in [2.45, 2.75) is 42.8 Å². The van der Waals surface area contributed by atoms with Crippen molar-refractivity contribution >= 4 is 11.8 Å². The maximum atomic E-state index is 9.31. The molecule has 1 aliphatic carbocycles. The Morgan fingerprint density at radius 1 is 1.25 bits per heavy atom. The molecule has 0 aliphatic heterocycles. The first-order valence-corrected chi connectivity index (χ1v) is 7.48. The van der Waals surface area contributed by atoms with E-state index in [0.717, 1.165) is 29.3 Å². The van der Waals surface area contributed by atoms with Crippen molar-refractivity contribution in [3.05, 3.63) is 40.8 Å². The summed E-state index contributed by atoms with van der Waals surface area (Å²) in [5.41, 5.74) is 3.90. The molecule has 0 saturated heterocycles. The molecule has 1 aliphatic rings. The summed E-state index contributed by atoms with van der Waals surface area (Å²) in [5, 5.41) is 10.7. The lowest BCUT2D eigenvalue weighted by Gasteiger charge is -2.16. The van der Waals surface area contributed by atoms with Crippen LogP contribution in [0.1, 0.15) is 35.4 Å². The second-order valence-corrected chi connectivity index (χ2v) is 5.80. The summed E-state index contributed by atoms with van der Waals surface area (Å²) in [6.07, 6.45) is 6.13. The van der Waals surface area contributed by atoms with Crippen LogP contribution in [0.5, 0.6) is 0 Å². The van der Waals surface area contributed by atoms with Crippen molar-refractivity contribution in [1.82, 2.24) is 15.0 Å². The van der Waals surface area contributed by atoms with Gasteiger partial charge in [0.2, 0.25) is 0 Å². The molecule has 2 heterocycles. The Hall–Kier alpha value is -1.93. The number of pyridine rings is 1. The van der Waals surface area contributed by atoms with Crippen molar-refractivity contribution in [2.75, 3.05) is 0 Å². The van der Waals surface area contributed by atoms with Crippen LogP contribution in [0, 0.1) is 18.3 Å². The molecule has 0 amide bonds. The molecular formula is C15H14N4S. The fourth-order valence-corrected chi connectivity index (χ4v) is 3.18. The molecule has 0 radical (unpaired) electrons. The van der Waals surface area contributed by atoms with E-state index in [0.29, 0.717) is 10.7 Å². The molecule has 0 aromatic carbocycles. The summed E-state index contributed by atoms with van der Waals surface area (Å²) in [7, 11) is 0. The van der Waals surface area contributed by atoms with E-state index in [1.807, 2.05) is 19.1 Å². The smallest absolute Gasteiger partial charge is 0.194 e. The Kier molecular flexibility index (Phi) is 3.66. The standard InChI is InChI=1S/C15H14N4S/c1-10-6-7-17-15(18-10)20-14-12(9-16)8-11-4-2-3-5-13(11)19-14/h6-8H,2-5H2,1H3. The zero-order chi connectivity index (χ0) is 13.9. The lowest BCUT2D eigenvalue weighted by atomic mass is 9.95. The van der Waals surface area contributed by atoms with Gasteiger partial charge in [-0.05, 0) is 62.1 Å². The molecule has 2 aromatic rings. The van der Waals surface area contributed by atoms with Crippen LogP contribution >= 0.6 is 11.8 Å². The Labute approximate surface area is 122 Å². The third-order valence-corrected chi connectivity index (χ3v) is 4.23. The maximum Gasteiger partial charge on any atom is 0.194 e. The minimum Gasteiger partial charge on any atom is -0.244 e. The van der Waals surface area contributed by atoms with Crippen LogP contribution in [-0.4, -0.2) is 15.0 Å². The largest absolute Gasteiger partial charge is 0.244 e. The highest BCUT2D eigenvalue weighted by molar-refractivity contribution is 7.99. The SMILES string of the molecule is Cc1ccnc(Sc2nc3c(cc2C#N)CCCC3)n1. The van der Waals surface area contributed by atoms with Gasteiger partial charge in [-0.3, -0.25) is 0 Å². The number of aromatic nitrogens is 3. The van der Waals surface area contributed by atoms with Crippen LogP contribution in [0.4, 0.5) is 0 Å². The van der Waals surface area contributed by atoms with Crippen LogP contribution in [0.25, 0.3) is 0 Å². The van der Waals surface area contributed by atoms with Gasteiger partial charge in [-0.25, -0.2) is 15.0 Å². The molecule has 0 spiro atoms. The third kappa shape index (κ3) is 2.66. The van der Waals surface area contributed by atoms with Gasteiger partial charge >= 0.3 is 0 Å². The van der Waals surface area contributed by atoms with E-state index in [1.165, 1.54) is 30.2 Å². The minimum atomic E-state index is 0.626. The van der Waals surface area contributed by atoms with Gasteiger partial charge in [0, 0.05) is 17.6 Å². The summed E-state index contributed by atoms with van der Waals surface area (Å²) in [6, 6.07) is 6.08. The van der Waals surface area contributed by atoms with Crippen LogP contribution in [0.2, 0.25) is 0 Å². The molecule has 2 aromatic heterocycles. The van der Waals surface area contributed by atoms with Gasteiger partial charge in [0.05, 0.1) is 5.56 Å². The van der Waals surface area contributed by atoms with Crippen molar-refractivity contribution in [3.8, 4) is 6.07 Å². The molecule has 5 heteroatoms. The van der Waals surface area contributed by atoms with Gasteiger partial charge < -0.3 is 0 Å². The van der Waals surface area contributed by atoms with E-state index < -0.39 is 0 Å². The first-order valence-electron chi connectivity index (χ1n) is 6.66. The predicted molar refractivity (Wildman–Crippen MR) is 76.5 cm³/mol. The molecule has 0 saturated carbocycles. The molecule has 20 heavy (non-hydrogen) atoms. The number of fused-ring (bicyclic) bond motifs is 1. The van der Waals surface area contributed by atoms with Crippen LogP contribution in [0.3, 0.4) is 0 Å². The molecule has 0 fully saturated rings. The Bertz CT molecular complexity index is 691. The zero-order valence-electron chi connectivity index (χ0n) is 11.3. The summed E-state index contributed by atoms with van der Waals surface area (Å²) in [4.78, 5) is 13.3. The predicted octanol–water partition coefficient (Wildman–Crippen LogP) is 3.08. The van der Waals surface area contributed by atoms with E-state index in [2.05, 4.69) is 21.0 Å². The lowest BCUT2D eigenvalue weighted by molar-refractivity contribution is 0.660. The molecule has 0 atom stereocenters. The monoisotopic (exact) mass is 282 g/mol. The molecular weight excluding hydrogens is 268 g/mol. The average Bonchev–Trinajstić information content (AvgIpc) is 2.46. The normalized spacial score (nSPS) is 13.6. The van der Waals surface area contributed by atoms with Gasteiger partial charge in [-0.1, -0.05) is 0 Å². The molecule has 100 valence electrons. The minimum absolute atomic E-state index is 0.626. The summed E-state index contributed by atoms with van der Waals surface area (Å²) >= 11 is 1.37. The zero-order valence-corrected chi connectivity index (χ0v) is 12.1. The number of hydrogen-bond donors (Lipinski definition) is 0. The highest BCUT2D eigenvalue weighted by atomic mass is 32.2. The fourth-order valence-electron chi connectivity index (χ4n) is 2.33. The third-order valence-electron chi connectivity index (χ3n) is 3.35. The first-order chi connectivity index (χ1) is 9.76. The highest BCUT2D eigenvalue weighted by Gasteiger charge is 2.16. The van der Waals surface area contributed by atoms with E-state index in [-0.39, 0.29) is 0 Å². The second-order valence-electron chi connectivity index (χ2n) is 4.85. The van der Waals surface area contributed by atoms with E-state index in [9.17, 15) is 5.26 Å². The number of nitrogens with zero attached hydrogens (tertiary/aromatic N) is 4. The molecule has 4 nitrogen and oxygen atoms in total. The molecule has 3 rings (SSSR count). The summed E-state index contributed by atoms with van der Waals surface area (Å²) < 4.78 is 0. The van der Waals surface area contributed by atoms with Crippen molar-refractivity contribution in [3.63, 3.8) is 0 Å². The Morgan fingerprint density at radius 3 is 2.90 bits per heavy atom. The van der Waals surface area contributed by atoms with E-state index >= 15 is 0 Å². The fraction of sp³-hybridized carbons (Fsp3) is 0.333. The Morgan fingerprint density at radius 2 is 2.10 bits per heavy atom. The molecule has 0 bridgehead atoms. The van der Waals surface area contributed by atoms with Gasteiger partial charge in [-0.15, -0.1) is 0 Å². The first kappa shape index (κ1) is 13.1. The van der Waals surface area contributed by atoms with Crippen molar-refractivity contribution < 1.29 is 0 Å².